The highest BCUT2D eigenvalue weighted by Gasteiger charge is 2.20. The summed E-state index contributed by atoms with van der Waals surface area (Å²) in [6.45, 7) is 0. The molecule has 0 N–H and O–H groups in total. The van der Waals surface area contributed by atoms with Gasteiger partial charge in [-0.25, -0.2) is 4.98 Å². The van der Waals surface area contributed by atoms with Crippen LogP contribution in [0.2, 0.25) is 0 Å². The Balaban J connectivity index is 2.76. The highest BCUT2D eigenvalue weighted by atomic mass is 79.9. The zero-order valence-corrected chi connectivity index (χ0v) is 10.8. The standard InChI is InChI=1S/C11H4BrN5O2/c12-7-1-2-9(17(18)19)10(3-7)16-6-15-8(4-13)11(16)5-14/h1-3,6H. The second-order valence-electron chi connectivity index (χ2n) is 3.43. The van der Waals surface area contributed by atoms with Crippen LogP contribution in [0.5, 0.6) is 0 Å². The first-order valence-electron chi connectivity index (χ1n) is 4.90. The van der Waals surface area contributed by atoms with E-state index in [4.69, 9.17) is 10.5 Å². The van der Waals surface area contributed by atoms with Crippen molar-refractivity contribution in [2.75, 3.05) is 0 Å². The van der Waals surface area contributed by atoms with E-state index in [-0.39, 0.29) is 22.8 Å². The summed E-state index contributed by atoms with van der Waals surface area (Å²) in [5, 5.41) is 28.8. The van der Waals surface area contributed by atoms with Crippen molar-refractivity contribution in [1.29, 1.82) is 10.5 Å². The van der Waals surface area contributed by atoms with Crippen molar-refractivity contribution in [2.24, 2.45) is 0 Å². The van der Waals surface area contributed by atoms with Gasteiger partial charge in [0.15, 0.2) is 11.4 Å². The molecule has 92 valence electrons. The molecule has 0 radical (unpaired) electrons. The number of halogens is 1. The summed E-state index contributed by atoms with van der Waals surface area (Å²) >= 11 is 3.21. The van der Waals surface area contributed by atoms with Gasteiger partial charge in [-0.15, -0.1) is 0 Å². The number of nitro benzene ring substituents is 1. The third kappa shape index (κ3) is 2.17. The first kappa shape index (κ1) is 12.7. The van der Waals surface area contributed by atoms with Gasteiger partial charge >= 0.3 is 0 Å². The van der Waals surface area contributed by atoms with Crippen LogP contribution in [0.15, 0.2) is 29.0 Å². The van der Waals surface area contributed by atoms with E-state index >= 15 is 0 Å². The molecular weight excluding hydrogens is 314 g/mol. The summed E-state index contributed by atoms with van der Waals surface area (Å²) in [7, 11) is 0. The monoisotopic (exact) mass is 317 g/mol. The van der Waals surface area contributed by atoms with Crippen molar-refractivity contribution in [2.45, 2.75) is 0 Å². The minimum absolute atomic E-state index is 0.0382. The predicted octanol–water partition coefficient (Wildman–Crippen LogP) is 2.29. The van der Waals surface area contributed by atoms with E-state index in [1.54, 1.807) is 6.07 Å². The van der Waals surface area contributed by atoms with Crippen LogP contribution in [0, 0.1) is 32.8 Å². The van der Waals surface area contributed by atoms with E-state index in [1.165, 1.54) is 29.1 Å². The summed E-state index contributed by atoms with van der Waals surface area (Å²) in [4.78, 5) is 14.2. The minimum Gasteiger partial charge on any atom is -0.283 e. The topological polar surface area (TPSA) is 109 Å². The van der Waals surface area contributed by atoms with Gasteiger partial charge in [-0.3, -0.25) is 14.7 Å². The van der Waals surface area contributed by atoms with E-state index < -0.39 is 4.92 Å². The molecule has 0 bridgehead atoms. The van der Waals surface area contributed by atoms with Gasteiger partial charge in [0.05, 0.1) is 4.92 Å². The van der Waals surface area contributed by atoms with Gasteiger partial charge in [0.25, 0.3) is 5.69 Å². The minimum atomic E-state index is -0.561. The molecule has 8 heteroatoms. The van der Waals surface area contributed by atoms with Crippen molar-refractivity contribution in [3.8, 4) is 17.8 Å². The number of nitro groups is 1. The highest BCUT2D eigenvalue weighted by Crippen LogP contribution is 2.28. The van der Waals surface area contributed by atoms with Gasteiger partial charge in [0.2, 0.25) is 0 Å². The number of hydrogen-bond acceptors (Lipinski definition) is 5. The molecule has 0 aliphatic carbocycles. The molecule has 0 spiro atoms. The van der Waals surface area contributed by atoms with E-state index in [1.807, 2.05) is 6.07 Å². The maximum absolute atomic E-state index is 11.0. The third-order valence-corrected chi connectivity index (χ3v) is 2.87. The molecular formula is C11H4BrN5O2. The van der Waals surface area contributed by atoms with Crippen molar-refractivity contribution in [3.63, 3.8) is 0 Å². The number of imidazole rings is 1. The lowest BCUT2D eigenvalue weighted by molar-refractivity contribution is -0.384. The van der Waals surface area contributed by atoms with Gasteiger partial charge in [0.1, 0.15) is 24.2 Å². The summed E-state index contributed by atoms with van der Waals surface area (Å²) in [6.07, 6.45) is 1.21. The summed E-state index contributed by atoms with van der Waals surface area (Å²) in [6, 6.07) is 7.91. The zero-order chi connectivity index (χ0) is 14.0. The van der Waals surface area contributed by atoms with E-state index in [9.17, 15) is 10.1 Å². The molecule has 0 aliphatic rings. The Hall–Kier alpha value is -2.71. The fraction of sp³-hybridized carbons (Fsp3) is 0. The van der Waals surface area contributed by atoms with Crippen LogP contribution >= 0.6 is 15.9 Å². The van der Waals surface area contributed by atoms with Crippen molar-refractivity contribution < 1.29 is 4.92 Å². The molecule has 19 heavy (non-hydrogen) atoms. The van der Waals surface area contributed by atoms with Gasteiger partial charge < -0.3 is 0 Å². The normalized spacial score (nSPS) is 9.63. The largest absolute Gasteiger partial charge is 0.293 e. The van der Waals surface area contributed by atoms with Crippen LogP contribution in [0.3, 0.4) is 0 Å². The smallest absolute Gasteiger partial charge is 0.283 e. The van der Waals surface area contributed by atoms with E-state index in [0.29, 0.717) is 4.47 Å². The van der Waals surface area contributed by atoms with Crippen molar-refractivity contribution in [1.82, 2.24) is 9.55 Å². The van der Waals surface area contributed by atoms with Crippen LogP contribution in [0.1, 0.15) is 11.4 Å². The first-order valence-corrected chi connectivity index (χ1v) is 5.69. The number of benzene rings is 1. The maximum atomic E-state index is 11.0. The van der Waals surface area contributed by atoms with Crippen molar-refractivity contribution >= 4 is 21.6 Å². The van der Waals surface area contributed by atoms with Gasteiger partial charge in [-0.1, -0.05) is 15.9 Å². The molecule has 0 unspecified atom stereocenters. The van der Waals surface area contributed by atoms with Gasteiger partial charge in [-0.05, 0) is 12.1 Å². The van der Waals surface area contributed by atoms with Crippen LogP contribution in [0.25, 0.3) is 5.69 Å². The molecule has 0 saturated heterocycles. The molecule has 1 heterocycles. The molecule has 0 amide bonds. The molecule has 2 rings (SSSR count). The molecule has 0 aliphatic heterocycles. The Morgan fingerprint density at radius 1 is 1.37 bits per heavy atom. The number of hydrogen-bond donors (Lipinski definition) is 0. The Morgan fingerprint density at radius 2 is 2.11 bits per heavy atom. The molecule has 2 aromatic rings. The van der Waals surface area contributed by atoms with Crippen molar-refractivity contribution in [3.05, 3.63) is 50.5 Å². The van der Waals surface area contributed by atoms with Crippen LogP contribution in [0.4, 0.5) is 5.69 Å². The fourth-order valence-corrected chi connectivity index (χ4v) is 1.91. The third-order valence-electron chi connectivity index (χ3n) is 2.37. The summed E-state index contributed by atoms with van der Waals surface area (Å²) in [5.41, 5.74) is -0.119. The molecule has 0 saturated carbocycles. The second-order valence-corrected chi connectivity index (χ2v) is 4.34. The maximum Gasteiger partial charge on any atom is 0.293 e. The van der Waals surface area contributed by atoms with E-state index in [2.05, 4.69) is 20.9 Å². The SMILES string of the molecule is N#Cc1ncn(-c2cc(Br)ccc2[N+](=O)[O-])c1C#N. The summed E-state index contributed by atoms with van der Waals surface area (Å²) < 4.78 is 1.84. The molecule has 7 nitrogen and oxygen atoms in total. The number of nitriles is 2. The average molecular weight is 318 g/mol. The Kier molecular flexibility index (Phi) is 3.27. The van der Waals surface area contributed by atoms with Gasteiger partial charge in [-0.2, -0.15) is 10.5 Å². The zero-order valence-electron chi connectivity index (χ0n) is 9.24. The Bertz CT molecular complexity index is 753. The quantitative estimate of drug-likeness (QED) is 0.623. The molecule has 0 atom stereocenters. The predicted molar refractivity (Wildman–Crippen MR) is 67.3 cm³/mol. The summed E-state index contributed by atoms with van der Waals surface area (Å²) in [5.74, 6) is 0. The van der Waals surface area contributed by atoms with Crippen LogP contribution in [-0.4, -0.2) is 14.5 Å². The highest BCUT2D eigenvalue weighted by molar-refractivity contribution is 9.10. The fourth-order valence-electron chi connectivity index (χ4n) is 1.56. The average Bonchev–Trinajstić information content (AvgIpc) is 2.80. The number of rotatable bonds is 2. The molecule has 0 fully saturated rings. The Labute approximate surface area is 115 Å². The molecule has 1 aromatic heterocycles. The number of aromatic nitrogens is 2. The van der Waals surface area contributed by atoms with Crippen LogP contribution < -0.4 is 0 Å². The second kappa shape index (κ2) is 4.88. The Morgan fingerprint density at radius 3 is 2.68 bits per heavy atom. The molecule has 1 aromatic carbocycles. The van der Waals surface area contributed by atoms with E-state index in [0.717, 1.165) is 0 Å². The lowest BCUT2D eigenvalue weighted by Gasteiger charge is -2.05. The van der Waals surface area contributed by atoms with Gasteiger partial charge in [0, 0.05) is 10.5 Å². The number of nitrogens with zero attached hydrogens (tertiary/aromatic N) is 5. The first-order chi connectivity index (χ1) is 9.08. The lowest BCUT2D eigenvalue weighted by atomic mass is 10.2. The lowest BCUT2D eigenvalue weighted by Crippen LogP contribution is -2.01. The van der Waals surface area contributed by atoms with Crippen LogP contribution in [-0.2, 0) is 0 Å².